The maximum Gasteiger partial charge on any atom is 0.231 e. The lowest BCUT2D eigenvalue weighted by Crippen LogP contribution is -2.14. The van der Waals surface area contributed by atoms with E-state index in [1.807, 2.05) is 24.3 Å². The largest absolute Gasteiger partial charge is 0.454 e. The van der Waals surface area contributed by atoms with Crippen molar-refractivity contribution in [3.8, 4) is 23.0 Å². The van der Waals surface area contributed by atoms with Crippen LogP contribution in [-0.4, -0.2) is 43.8 Å². The van der Waals surface area contributed by atoms with Crippen molar-refractivity contribution in [3.05, 3.63) is 71.3 Å². The third kappa shape index (κ3) is 4.39. The quantitative estimate of drug-likeness (QED) is 0.609. The Hall–Kier alpha value is -3.33. The van der Waals surface area contributed by atoms with E-state index in [2.05, 4.69) is 18.7 Å². The Morgan fingerprint density at radius 2 is 1.38 bits per heavy atom. The fraction of sp³-hybridized carbons (Fsp3) is 0.414. The number of hydrogen-bond acceptors (Lipinski definition) is 8. The molecule has 5 aliphatic rings. The van der Waals surface area contributed by atoms with Gasteiger partial charge in [-0.2, -0.15) is 0 Å². The zero-order valence-electron chi connectivity index (χ0n) is 20.7. The van der Waals surface area contributed by atoms with Crippen LogP contribution in [0.1, 0.15) is 43.1 Å². The van der Waals surface area contributed by atoms with E-state index in [0.29, 0.717) is 31.5 Å². The van der Waals surface area contributed by atoms with Crippen LogP contribution >= 0.6 is 0 Å². The predicted molar refractivity (Wildman–Crippen MR) is 133 cm³/mol. The molecule has 4 heterocycles. The third-order valence-corrected chi connectivity index (χ3v) is 7.75. The number of ether oxygens (including phenoxy) is 6. The molecule has 2 fully saturated rings. The minimum atomic E-state index is -0.544. The highest BCUT2D eigenvalue weighted by atomic mass is 16.7. The zero-order chi connectivity index (χ0) is 25.5. The molecule has 0 bridgehead atoms. The summed E-state index contributed by atoms with van der Waals surface area (Å²) in [6.07, 6.45) is 2.03. The monoisotopic (exact) mass is 506 g/mol. The van der Waals surface area contributed by atoms with E-state index in [4.69, 9.17) is 28.4 Å². The summed E-state index contributed by atoms with van der Waals surface area (Å²) in [5.41, 5.74) is 3.80. The number of rotatable bonds is 4. The second-order valence-corrected chi connectivity index (χ2v) is 9.86. The molecule has 1 N–H and O–H groups in total. The summed E-state index contributed by atoms with van der Waals surface area (Å²) in [6.45, 7) is 7.28. The van der Waals surface area contributed by atoms with E-state index in [-0.39, 0.29) is 38.0 Å². The molecule has 7 rings (SSSR count). The summed E-state index contributed by atoms with van der Waals surface area (Å²) in [4.78, 5) is 11.1. The number of benzene rings is 2. The second kappa shape index (κ2) is 9.85. The number of allylic oxidation sites excluding steroid dienone is 2. The molecule has 0 spiro atoms. The Morgan fingerprint density at radius 1 is 0.865 bits per heavy atom. The first-order chi connectivity index (χ1) is 18.0. The number of carbonyl (C=O) groups is 1. The Kier molecular flexibility index (Phi) is 6.40. The molecule has 5 atom stereocenters. The lowest BCUT2D eigenvalue weighted by atomic mass is 9.85. The molecule has 2 aromatic rings. The molecule has 1 aliphatic carbocycles. The van der Waals surface area contributed by atoms with E-state index < -0.39 is 6.10 Å². The summed E-state index contributed by atoms with van der Waals surface area (Å²) in [7, 11) is 0. The van der Waals surface area contributed by atoms with Crippen LogP contribution < -0.4 is 18.9 Å². The van der Waals surface area contributed by atoms with Gasteiger partial charge < -0.3 is 33.5 Å². The maximum absolute atomic E-state index is 11.1. The lowest BCUT2D eigenvalue weighted by Gasteiger charge is -2.17. The highest BCUT2D eigenvalue weighted by Gasteiger charge is 2.48. The van der Waals surface area contributed by atoms with Gasteiger partial charge in [-0.1, -0.05) is 18.2 Å². The molecule has 2 saturated heterocycles. The summed E-state index contributed by atoms with van der Waals surface area (Å²) < 4.78 is 34.2. The molecule has 4 aliphatic heterocycles. The third-order valence-electron chi connectivity index (χ3n) is 7.75. The van der Waals surface area contributed by atoms with Crippen molar-refractivity contribution in [1.29, 1.82) is 0 Å². The van der Waals surface area contributed by atoms with Gasteiger partial charge in [0.2, 0.25) is 13.6 Å². The van der Waals surface area contributed by atoms with Crippen molar-refractivity contribution >= 4 is 5.78 Å². The minimum Gasteiger partial charge on any atom is -0.454 e. The normalized spacial score (nSPS) is 28.8. The van der Waals surface area contributed by atoms with Crippen LogP contribution in [0.5, 0.6) is 23.0 Å². The average molecular weight is 507 g/mol. The van der Waals surface area contributed by atoms with E-state index in [0.717, 1.165) is 45.3 Å². The molecular formula is C29H30O8. The van der Waals surface area contributed by atoms with E-state index in [9.17, 15) is 9.90 Å². The van der Waals surface area contributed by atoms with Gasteiger partial charge in [0.05, 0.1) is 31.5 Å². The number of hydrogen-bond donors (Lipinski definition) is 1. The number of fused-ring (bicyclic) bond motifs is 3. The van der Waals surface area contributed by atoms with Crippen LogP contribution in [0.15, 0.2) is 60.2 Å². The molecule has 1 unspecified atom stereocenters. The first-order valence-corrected chi connectivity index (χ1v) is 12.6. The topological polar surface area (TPSA) is 92.7 Å². The molecule has 8 nitrogen and oxygen atoms in total. The highest BCUT2D eigenvalue weighted by molar-refractivity contribution is 5.99. The molecular weight excluding hydrogens is 476 g/mol. The van der Waals surface area contributed by atoms with E-state index >= 15 is 0 Å². The molecule has 0 radical (unpaired) electrons. The van der Waals surface area contributed by atoms with Gasteiger partial charge in [-0.15, -0.1) is 6.58 Å². The minimum absolute atomic E-state index is 0.0218. The highest BCUT2D eigenvalue weighted by Crippen LogP contribution is 2.52. The first kappa shape index (κ1) is 24.0. The van der Waals surface area contributed by atoms with Crippen molar-refractivity contribution in [1.82, 2.24) is 0 Å². The van der Waals surface area contributed by atoms with Gasteiger partial charge in [0.1, 0.15) is 0 Å². The molecule has 0 amide bonds. The van der Waals surface area contributed by atoms with Crippen molar-refractivity contribution in [3.63, 3.8) is 0 Å². The smallest absolute Gasteiger partial charge is 0.231 e. The second-order valence-electron chi connectivity index (χ2n) is 9.86. The van der Waals surface area contributed by atoms with Gasteiger partial charge in [0.15, 0.2) is 28.8 Å². The van der Waals surface area contributed by atoms with Gasteiger partial charge >= 0.3 is 0 Å². The predicted octanol–water partition coefficient (Wildman–Crippen LogP) is 4.43. The molecule has 8 heteroatoms. The summed E-state index contributed by atoms with van der Waals surface area (Å²) in [5.74, 6) is 3.89. The zero-order valence-corrected chi connectivity index (χ0v) is 20.7. The van der Waals surface area contributed by atoms with Crippen LogP contribution in [0.2, 0.25) is 0 Å². The standard InChI is InChI=1S/C20H18O6.C9H12O2/c1-3-15-17(25-9-23-15)5-11(1)19-13-7-22-20(14(13)8-21-19)12-2-4-16-18(6-12)26-10-24-16;1-3-4-7-6(2)8(10)5-9(7)11/h1-6,13-14,19-20H,7-10H2;3,8,10H,1,4-5H2,2H3/t13-,14-,19+,20+;/m0./s1. The van der Waals surface area contributed by atoms with Crippen molar-refractivity contribution < 1.29 is 38.3 Å². The SMILES string of the molecule is C=CCC1=C(C)C(O)CC1=O.c1cc2c(cc1[C@H]1OC[C@H]3[C@@H]1CO[C@@H]3c1ccc3c(c1)OCO3)OCO2. The fourth-order valence-corrected chi connectivity index (χ4v) is 5.71. The van der Waals surface area contributed by atoms with Gasteiger partial charge in [-0.25, -0.2) is 0 Å². The Morgan fingerprint density at radius 3 is 1.84 bits per heavy atom. The average Bonchev–Trinajstić information content (AvgIpc) is 3.71. The van der Waals surface area contributed by atoms with Crippen molar-refractivity contribution in [2.45, 2.75) is 38.1 Å². The number of aliphatic hydroxyl groups is 1. The summed E-state index contributed by atoms with van der Waals surface area (Å²) >= 11 is 0. The number of carbonyl (C=O) groups excluding carboxylic acids is 1. The van der Waals surface area contributed by atoms with Gasteiger partial charge in [0, 0.05) is 23.8 Å². The Balaban J connectivity index is 0.000000194. The van der Waals surface area contributed by atoms with Crippen LogP contribution in [-0.2, 0) is 14.3 Å². The Labute approximate surface area is 215 Å². The Bertz CT molecular complexity index is 1180. The molecule has 0 aromatic heterocycles. The number of Topliss-reactive ketones (excluding diaryl/α,β-unsaturated/α-hetero) is 1. The molecule has 194 valence electrons. The first-order valence-electron chi connectivity index (χ1n) is 12.6. The maximum atomic E-state index is 11.1. The van der Waals surface area contributed by atoms with Crippen molar-refractivity contribution in [2.24, 2.45) is 11.8 Å². The van der Waals surface area contributed by atoms with Crippen LogP contribution in [0.25, 0.3) is 0 Å². The lowest BCUT2D eigenvalue weighted by molar-refractivity contribution is -0.115. The van der Waals surface area contributed by atoms with E-state index in [1.165, 1.54) is 0 Å². The van der Waals surface area contributed by atoms with Crippen molar-refractivity contribution in [2.75, 3.05) is 26.8 Å². The van der Waals surface area contributed by atoms with Gasteiger partial charge in [-0.3, -0.25) is 4.79 Å². The molecule has 37 heavy (non-hydrogen) atoms. The van der Waals surface area contributed by atoms with Gasteiger partial charge in [0.25, 0.3) is 0 Å². The fourth-order valence-electron chi connectivity index (χ4n) is 5.71. The molecule has 0 saturated carbocycles. The van der Waals surface area contributed by atoms with Gasteiger partial charge in [-0.05, 0) is 54.3 Å². The van der Waals surface area contributed by atoms with Crippen LogP contribution in [0.3, 0.4) is 0 Å². The van der Waals surface area contributed by atoms with Crippen LogP contribution in [0.4, 0.5) is 0 Å². The number of aliphatic hydroxyl groups excluding tert-OH is 1. The van der Waals surface area contributed by atoms with E-state index in [1.54, 1.807) is 13.0 Å². The summed E-state index contributed by atoms with van der Waals surface area (Å²) in [6, 6.07) is 12.1. The number of ketones is 1. The molecule has 2 aromatic carbocycles. The van der Waals surface area contributed by atoms with Crippen LogP contribution in [0, 0.1) is 11.8 Å². The summed E-state index contributed by atoms with van der Waals surface area (Å²) in [5, 5.41) is 9.25.